The highest BCUT2D eigenvalue weighted by atomic mass is 16.6. The molecule has 0 fully saturated rings. The molecule has 0 unspecified atom stereocenters. The molecular formula is C20H23N3O3. The molecule has 0 saturated carbocycles. The first kappa shape index (κ1) is 17.9. The number of rotatable bonds is 3. The second-order valence-corrected chi connectivity index (χ2v) is 7.17. The first-order chi connectivity index (χ1) is 12.3. The van der Waals surface area contributed by atoms with Crippen LogP contribution in [-0.2, 0) is 17.7 Å². The Hall–Kier alpha value is -2.89. The molecule has 0 radical (unpaired) electrons. The van der Waals surface area contributed by atoms with Crippen molar-refractivity contribution in [3.05, 3.63) is 64.3 Å². The quantitative estimate of drug-likeness (QED) is 0.722. The van der Waals surface area contributed by atoms with Gasteiger partial charge in [0.1, 0.15) is 11.4 Å². The van der Waals surface area contributed by atoms with Crippen LogP contribution in [0.15, 0.2) is 47.4 Å². The van der Waals surface area contributed by atoms with Gasteiger partial charge in [0, 0.05) is 12.6 Å². The van der Waals surface area contributed by atoms with Gasteiger partial charge in [-0.3, -0.25) is 4.79 Å². The first-order valence-electron chi connectivity index (χ1n) is 8.68. The van der Waals surface area contributed by atoms with Crippen molar-refractivity contribution in [1.82, 2.24) is 14.1 Å². The van der Waals surface area contributed by atoms with Gasteiger partial charge in [-0.2, -0.15) is 0 Å². The molecule has 26 heavy (non-hydrogen) atoms. The van der Waals surface area contributed by atoms with Gasteiger partial charge in [0.2, 0.25) is 0 Å². The van der Waals surface area contributed by atoms with Crippen LogP contribution in [0.25, 0.3) is 11.0 Å². The number of hydrogen-bond donors (Lipinski definition) is 0. The minimum Gasteiger partial charge on any atom is -0.443 e. The van der Waals surface area contributed by atoms with E-state index < -0.39 is 11.7 Å². The van der Waals surface area contributed by atoms with Crippen LogP contribution < -0.4 is 5.56 Å². The van der Waals surface area contributed by atoms with Gasteiger partial charge in [0.15, 0.2) is 5.52 Å². The summed E-state index contributed by atoms with van der Waals surface area (Å²) in [4.78, 5) is 29.9. The third-order valence-corrected chi connectivity index (χ3v) is 3.95. The van der Waals surface area contributed by atoms with Crippen LogP contribution in [0.5, 0.6) is 0 Å². The zero-order valence-electron chi connectivity index (χ0n) is 15.5. The van der Waals surface area contributed by atoms with Crippen molar-refractivity contribution >= 4 is 17.1 Å². The molecule has 0 amide bonds. The SMILES string of the molecule is CCc1nc2c(=O)n(Cc3ccccc3)ccc2n1C(=O)OC(C)(C)C. The van der Waals surface area contributed by atoms with Crippen LogP contribution in [0.1, 0.15) is 39.1 Å². The summed E-state index contributed by atoms with van der Waals surface area (Å²) < 4.78 is 8.47. The predicted molar refractivity (Wildman–Crippen MR) is 101 cm³/mol. The van der Waals surface area contributed by atoms with Gasteiger partial charge in [-0.15, -0.1) is 0 Å². The highest BCUT2D eigenvalue weighted by Gasteiger charge is 2.23. The molecule has 3 aromatic rings. The first-order valence-corrected chi connectivity index (χ1v) is 8.68. The molecule has 0 aliphatic heterocycles. The smallest absolute Gasteiger partial charge is 0.420 e. The topological polar surface area (TPSA) is 66.1 Å². The Morgan fingerprint density at radius 1 is 1.15 bits per heavy atom. The lowest BCUT2D eigenvalue weighted by Crippen LogP contribution is -2.28. The number of carbonyl (C=O) groups excluding carboxylic acids is 1. The van der Waals surface area contributed by atoms with E-state index in [1.807, 2.05) is 58.0 Å². The van der Waals surface area contributed by atoms with Gasteiger partial charge in [-0.25, -0.2) is 14.3 Å². The number of imidazole rings is 1. The Morgan fingerprint density at radius 3 is 2.46 bits per heavy atom. The highest BCUT2D eigenvalue weighted by Crippen LogP contribution is 2.17. The van der Waals surface area contributed by atoms with Crippen LogP contribution in [-0.4, -0.2) is 25.8 Å². The van der Waals surface area contributed by atoms with Crippen molar-refractivity contribution in [2.75, 3.05) is 0 Å². The molecule has 0 atom stereocenters. The Labute approximate surface area is 152 Å². The number of hydrogen-bond acceptors (Lipinski definition) is 4. The molecule has 0 bridgehead atoms. The number of aryl methyl sites for hydroxylation is 1. The number of ether oxygens (including phenoxy) is 1. The van der Waals surface area contributed by atoms with E-state index in [9.17, 15) is 9.59 Å². The molecule has 1 aromatic carbocycles. The Kier molecular flexibility index (Phi) is 4.68. The number of fused-ring (bicyclic) bond motifs is 1. The van der Waals surface area contributed by atoms with E-state index in [1.165, 1.54) is 4.57 Å². The molecule has 0 saturated heterocycles. The summed E-state index contributed by atoms with van der Waals surface area (Å²) in [6.07, 6.45) is 1.70. The van der Waals surface area contributed by atoms with E-state index in [2.05, 4.69) is 4.98 Å². The van der Waals surface area contributed by atoms with Crippen molar-refractivity contribution in [3.8, 4) is 0 Å². The fraction of sp³-hybridized carbons (Fsp3) is 0.350. The molecule has 0 N–H and O–H groups in total. The van der Waals surface area contributed by atoms with E-state index >= 15 is 0 Å². The van der Waals surface area contributed by atoms with Crippen LogP contribution >= 0.6 is 0 Å². The number of aromatic nitrogens is 3. The maximum atomic E-state index is 12.9. The highest BCUT2D eigenvalue weighted by molar-refractivity contribution is 5.87. The van der Waals surface area contributed by atoms with Crippen molar-refractivity contribution in [3.63, 3.8) is 0 Å². The zero-order chi connectivity index (χ0) is 18.9. The lowest BCUT2D eigenvalue weighted by atomic mass is 10.2. The van der Waals surface area contributed by atoms with Crippen LogP contribution in [0.3, 0.4) is 0 Å². The minimum absolute atomic E-state index is 0.219. The van der Waals surface area contributed by atoms with E-state index in [0.29, 0.717) is 24.3 Å². The van der Waals surface area contributed by atoms with Gasteiger partial charge in [-0.05, 0) is 32.4 Å². The van der Waals surface area contributed by atoms with Crippen LogP contribution in [0, 0.1) is 0 Å². The maximum Gasteiger partial charge on any atom is 0.420 e. The van der Waals surface area contributed by atoms with Crippen molar-refractivity contribution < 1.29 is 9.53 Å². The van der Waals surface area contributed by atoms with Gasteiger partial charge >= 0.3 is 6.09 Å². The standard InChI is InChI=1S/C20H23N3O3/c1-5-16-21-17-15(23(16)19(25)26-20(2,3)4)11-12-22(18(17)24)13-14-9-7-6-8-10-14/h6-12H,5,13H2,1-4H3. The Balaban J connectivity index is 2.07. The molecule has 6 heteroatoms. The van der Waals surface area contributed by atoms with Gasteiger partial charge in [0.25, 0.3) is 5.56 Å². The fourth-order valence-corrected chi connectivity index (χ4v) is 2.81. The summed E-state index contributed by atoms with van der Waals surface area (Å²) in [6, 6.07) is 11.5. The zero-order valence-corrected chi connectivity index (χ0v) is 15.5. The summed E-state index contributed by atoms with van der Waals surface area (Å²) in [7, 11) is 0. The predicted octanol–water partition coefficient (Wildman–Crippen LogP) is 3.59. The van der Waals surface area contributed by atoms with E-state index in [4.69, 9.17) is 4.74 Å². The summed E-state index contributed by atoms with van der Waals surface area (Å²) in [6.45, 7) is 7.77. The summed E-state index contributed by atoms with van der Waals surface area (Å²) in [5, 5.41) is 0. The Morgan fingerprint density at radius 2 is 1.85 bits per heavy atom. The second kappa shape index (κ2) is 6.78. The molecule has 2 heterocycles. The Bertz CT molecular complexity index is 995. The summed E-state index contributed by atoms with van der Waals surface area (Å²) >= 11 is 0. The normalized spacial score (nSPS) is 11.7. The van der Waals surface area contributed by atoms with E-state index in [1.54, 1.807) is 16.8 Å². The average Bonchev–Trinajstić information content (AvgIpc) is 2.96. The number of carbonyl (C=O) groups is 1. The molecule has 0 aliphatic carbocycles. The summed E-state index contributed by atoms with van der Waals surface area (Å²) in [5.41, 5.74) is 0.942. The fourth-order valence-electron chi connectivity index (χ4n) is 2.81. The lowest BCUT2D eigenvalue weighted by molar-refractivity contribution is 0.0539. The molecule has 0 spiro atoms. The third kappa shape index (κ3) is 3.54. The maximum absolute atomic E-state index is 12.9. The van der Waals surface area contributed by atoms with Gasteiger partial charge in [-0.1, -0.05) is 37.3 Å². The molecule has 3 rings (SSSR count). The number of benzene rings is 1. The van der Waals surface area contributed by atoms with Crippen molar-refractivity contribution in [1.29, 1.82) is 0 Å². The van der Waals surface area contributed by atoms with Gasteiger partial charge in [0.05, 0.1) is 12.1 Å². The average molecular weight is 353 g/mol. The second-order valence-electron chi connectivity index (χ2n) is 7.17. The molecule has 136 valence electrons. The van der Waals surface area contributed by atoms with Crippen LogP contribution in [0.4, 0.5) is 4.79 Å². The number of nitrogens with zero attached hydrogens (tertiary/aromatic N) is 3. The lowest BCUT2D eigenvalue weighted by Gasteiger charge is -2.20. The van der Waals surface area contributed by atoms with E-state index in [0.717, 1.165) is 5.56 Å². The van der Waals surface area contributed by atoms with E-state index in [-0.39, 0.29) is 11.1 Å². The summed E-state index contributed by atoms with van der Waals surface area (Å²) in [5.74, 6) is 0.517. The molecule has 2 aromatic heterocycles. The van der Waals surface area contributed by atoms with Gasteiger partial charge < -0.3 is 9.30 Å². The molecule has 6 nitrogen and oxygen atoms in total. The third-order valence-electron chi connectivity index (χ3n) is 3.95. The largest absolute Gasteiger partial charge is 0.443 e. The van der Waals surface area contributed by atoms with Crippen molar-refractivity contribution in [2.45, 2.75) is 46.3 Å². The molecular weight excluding hydrogens is 330 g/mol. The number of pyridine rings is 1. The van der Waals surface area contributed by atoms with Crippen molar-refractivity contribution in [2.24, 2.45) is 0 Å². The van der Waals surface area contributed by atoms with Crippen LogP contribution in [0.2, 0.25) is 0 Å². The molecule has 0 aliphatic rings. The monoisotopic (exact) mass is 353 g/mol. The minimum atomic E-state index is -0.624.